The Labute approximate surface area is 102 Å². The molecule has 0 aliphatic rings. The van der Waals surface area contributed by atoms with Gasteiger partial charge in [-0.1, -0.05) is 20.8 Å². The van der Waals surface area contributed by atoms with Crippen molar-refractivity contribution in [1.29, 1.82) is 0 Å². The summed E-state index contributed by atoms with van der Waals surface area (Å²) in [6.45, 7) is 7.00. The summed E-state index contributed by atoms with van der Waals surface area (Å²) in [7, 11) is 1.70. The van der Waals surface area contributed by atoms with Gasteiger partial charge in [0.15, 0.2) is 5.82 Å². The molecule has 96 valence electrons. The minimum atomic E-state index is -0.129. The summed E-state index contributed by atoms with van der Waals surface area (Å²) < 4.78 is 1.49. The number of nitrogens with two attached hydrogens (primary N) is 1. The molecule has 0 saturated heterocycles. The summed E-state index contributed by atoms with van der Waals surface area (Å²) in [5, 5.41) is 3.01. The second-order valence-electron chi connectivity index (χ2n) is 5.60. The highest BCUT2D eigenvalue weighted by Gasteiger charge is 2.15. The van der Waals surface area contributed by atoms with E-state index in [1.54, 1.807) is 19.4 Å². The first-order valence-electron chi connectivity index (χ1n) is 5.81. The predicted molar refractivity (Wildman–Crippen MR) is 70.0 cm³/mol. The molecule has 0 amide bonds. The number of nitrogens with one attached hydrogen (secondary N) is 1. The van der Waals surface area contributed by atoms with E-state index in [0.717, 1.165) is 6.42 Å². The van der Waals surface area contributed by atoms with E-state index in [2.05, 4.69) is 31.1 Å². The number of anilines is 1. The van der Waals surface area contributed by atoms with Gasteiger partial charge in [-0.2, -0.15) is 0 Å². The van der Waals surface area contributed by atoms with Crippen LogP contribution in [0.1, 0.15) is 27.2 Å². The largest absolute Gasteiger partial charge is 0.364 e. The lowest BCUT2D eigenvalue weighted by molar-refractivity contribution is 0.344. The van der Waals surface area contributed by atoms with E-state index in [1.807, 2.05) is 0 Å². The Hall–Kier alpha value is -1.36. The van der Waals surface area contributed by atoms with Gasteiger partial charge in [0.1, 0.15) is 0 Å². The molecule has 0 spiro atoms. The van der Waals surface area contributed by atoms with Crippen molar-refractivity contribution < 1.29 is 0 Å². The van der Waals surface area contributed by atoms with E-state index in [-0.39, 0.29) is 17.0 Å². The van der Waals surface area contributed by atoms with Gasteiger partial charge in [-0.3, -0.25) is 4.79 Å². The van der Waals surface area contributed by atoms with Gasteiger partial charge in [-0.05, 0) is 11.8 Å². The van der Waals surface area contributed by atoms with Crippen molar-refractivity contribution in [3.05, 3.63) is 22.7 Å². The maximum atomic E-state index is 11.7. The highest BCUT2D eigenvalue weighted by atomic mass is 16.1. The van der Waals surface area contributed by atoms with Crippen LogP contribution in [0.3, 0.4) is 0 Å². The van der Waals surface area contributed by atoms with Crippen LogP contribution in [0, 0.1) is 5.41 Å². The van der Waals surface area contributed by atoms with E-state index in [1.165, 1.54) is 4.57 Å². The maximum Gasteiger partial charge on any atom is 0.293 e. The Kier molecular flexibility index (Phi) is 4.28. The summed E-state index contributed by atoms with van der Waals surface area (Å²) in [4.78, 5) is 15.7. The van der Waals surface area contributed by atoms with Crippen LogP contribution in [0.2, 0.25) is 0 Å². The van der Waals surface area contributed by atoms with Crippen LogP contribution in [0.15, 0.2) is 17.2 Å². The van der Waals surface area contributed by atoms with E-state index >= 15 is 0 Å². The summed E-state index contributed by atoms with van der Waals surface area (Å²) >= 11 is 0. The molecular weight excluding hydrogens is 216 g/mol. The smallest absolute Gasteiger partial charge is 0.293 e. The van der Waals surface area contributed by atoms with E-state index < -0.39 is 0 Å². The molecule has 1 rings (SSSR count). The first-order valence-corrected chi connectivity index (χ1v) is 5.81. The molecule has 5 nitrogen and oxygen atoms in total. The SMILES string of the molecule is Cn1ccnc(NCC(N)CC(C)(C)C)c1=O. The second-order valence-corrected chi connectivity index (χ2v) is 5.60. The molecule has 1 aromatic heterocycles. The van der Waals surface area contributed by atoms with Crippen molar-refractivity contribution in [2.75, 3.05) is 11.9 Å². The molecule has 1 unspecified atom stereocenters. The van der Waals surface area contributed by atoms with Crippen LogP contribution < -0.4 is 16.6 Å². The first kappa shape index (κ1) is 13.7. The number of hydrogen-bond donors (Lipinski definition) is 2. The number of rotatable bonds is 4. The minimum absolute atomic E-state index is 0.0155. The van der Waals surface area contributed by atoms with E-state index in [4.69, 9.17) is 5.73 Å². The Morgan fingerprint density at radius 3 is 2.76 bits per heavy atom. The van der Waals surface area contributed by atoms with Gasteiger partial charge < -0.3 is 15.6 Å². The summed E-state index contributed by atoms with van der Waals surface area (Å²) in [5.74, 6) is 0.361. The molecular formula is C12H22N4O. The number of hydrogen-bond acceptors (Lipinski definition) is 4. The topological polar surface area (TPSA) is 72.9 Å². The van der Waals surface area contributed by atoms with Crippen molar-refractivity contribution >= 4 is 5.82 Å². The molecule has 0 aliphatic carbocycles. The molecule has 3 N–H and O–H groups in total. The lowest BCUT2D eigenvalue weighted by Gasteiger charge is -2.23. The van der Waals surface area contributed by atoms with Crippen molar-refractivity contribution in [2.24, 2.45) is 18.2 Å². The molecule has 1 atom stereocenters. The van der Waals surface area contributed by atoms with E-state index in [9.17, 15) is 4.79 Å². The number of aryl methyl sites for hydroxylation is 1. The molecule has 1 aromatic rings. The third kappa shape index (κ3) is 4.56. The van der Waals surface area contributed by atoms with Gasteiger partial charge >= 0.3 is 0 Å². The Morgan fingerprint density at radius 1 is 1.53 bits per heavy atom. The van der Waals surface area contributed by atoms with Crippen molar-refractivity contribution in [3.63, 3.8) is 0 Å². The van der Waals surface area contributed by atoms with Crippen LogP contribution >= 0.6 is 0 Å². The second kappa shape index (κ2) is 5.31. The quantitative estimate of drug-likeness (QED) is 0.819. The highest BCUT2D eigenvalue weighted by Crippen LogP contribution is 2.19. The average Bonchev–Trinajstić information content (AvgIpc) is 2.18. The molecule has 5 heteroatoms. The standard InChI is InChI=1S/C12H22N4O/c1-12(2,3)7-9(13)8-15-10-11(17)16(4)6-5-14-10/h5-6,9H,7-8,13H2,1-4H3,(H,14,15). The van der Waals surface area contributed by atoms with Crippen LogP contribution in [-0.4, -0.2) is 22.1 Å². The molecule has 0 aromatic carbocycles. The molecule has 0 saturated carbocycles. The van der Waals surface area contributed by atoms with Gasteiger partial charge in [0.05, 0.1) is 0 Å². The fourth-order valence-electron chi connectivity index (χ4n) is 1.71. The predicted octanol–water partition coefficient (Wildman–Crippen LogP) is 0.956. The molecule has 17 heavy (non-hydrogen) atoms. The van der Waals surface area contributed by atoms with Gasteiger partial charge in [0.25, 0.3) is 5.56 Å². The summed E-state index contributed by atoms with van der Waals surface area (Å²) in [5.41, 5.74) is 6.06. The number of nitrogens with zero attached hydrogens (tertiary/aromatic N) is 2. The van der Waals surface area contributed by atoms with Gasteiger partial charge in [-0.15, -0.1) is 0 Å². The molecule has 0 fully saturated rings. The lowest BCUT2D eigenvalue weighted by Crippen LogP contribution is -2.35. The molecule has 0 aliphatic heterocycles. The van der Waals surface area contributed by atoms with Crippen molar-refractivity contribution in [2.45, 2.75) is 33.2 Å². The Bertz CT molecular complexity index is 419. The molecule has 0 radical (unpaired) electrons. The van der Waals surface area contributed by atoms with Gasteiger partial charge in [-0.25, -0.2) is 4.98 Å². The lowest BCUT2D eigenvalue weighted by atomic mass is 9.88. The monoisotopic (exact) mass is 238 g/mol. The number of aromatic nitrogens is 2. The highest BCUT2D eigenvalue weighted by molar-refractivity contribution is 5.30. The molecule has 0 bridgehead atoms. The van der Waals surface area contributed by atoms with Gasteiger partial charge in [0, 0.05) is 32.0 Å². The fraction of sp³-hybridized carbons (Fsp3) is 0.667. The summed E-state index contributed by atoms with van der Waals surface area (Å²) in [6.07, 6.45) is 4.12. The van der Waals surface area contributed by atoms with Crippen LogP contribution in [0.4, 0.5) is 5.82 Å². The van der Waals surface area contributed by atoms with Crippen LogP contribution in [0.25, 0.3) is 0 Å². The fourth-order valence-corrected chi connectivity index (χ4v) is 1.71. The maximum absolute atomic E-state index is 11.7. The van der Waals surface area contributed by atoms with Gasteiger partial charge in [0.2, 0.25) is 0 Å². The van der Waals surface area contributed by atoms with Crippen molar-refractivity contribution in [3.8, 4) is 0 Å². The minimum Gasteiger partial charge on any atom is -0.364 e. The van der Waals surface area contributed by atoms with Crippen molar-refractivity contribution in [1.82, 2.24) is 9.55 Å². The zero-order chi connectivity index (χ0) is 13.1. The van der Waals surface area contributed by atoms with E-state index in [0.29, 0.717) is 12.4 Å². The third-order valence-corrected chi connectivity index (χ3v) is 2.42. The third-order valence-electron chi connectivity index (χ3n) is 2.42. The molecule has 1 heterocycles. The summed E-state index contributed by atoms with van der Waals surface area (Å²) in [6, 6.07) is 0.0155. The Morgan fingerprint density at radius 2 is 2.18 bits per heavy atom. The van der Waals surface area contributed by atoms with Crippen LogP contribution in [-0.2, 0) is 7.05 Å². The first-order chi connectivity index (χ1) is 7.79. The Balaban J connectivity index is 2.56. The normalized spacial score (nSPS) is 13.5. The van der Waals surface area contributed by atoms with Crippen LogP contribution in [0.5, 0.6) is 0 Å². The zero-order valence-corrected chi connectivity index (χ0v) is 11.0. The zero-order valence-electron chi connectivity index (χ0n) is 11.0. The average molecular weight is 238 g/mol.